The van der Waals surface area contributed by atoms with Crippen LogP contribution in [-0.2, 0) is 4.79 Å². The molecule has 4 heterocycles. The molecule has 2 amide bonds. The molecule has 1 unspecified atom stereocenters. The molecule has 148 valence electrons. The Kier molecular flexibility index (Phi) is 5.13. The fourth-order valence-electron chi connectivity index (χ4n) is 3.85. The summed E-state index contributed by atoms with van der Waals surface area (Å²) in [5, 5.41) is 13.8. The number of fused-ring (bicyclic) bond motifs is 1. The van der Waals surface area contributed by atoms with Crippen molar-refractivity contribution in [1.82, 2.24) is 30.7 Å². The first kappa shape index (κ1) is 18.6. The Morgan fingerprint density at radius 1 is 1.36 bits per heavy atom. The Morgan fingerprint density at radius 2 is 2.21 bits per heavy atom. The minimum absolute atomic E-state index is 0.0459. The molecule has 28 heavy (non-hydrogen) atoms. The van der Waals surface area contributed by atoms with Crippen LogP contribution in [0.5, 0.6) is 0 Å². The number of pyridine rings is 1. The molecule has 1 saturated heterocycles. The number of rotatable bonds is 4. The molecular weight excluding hydrogens is 356 g/mol. The van der Waals surface area contributed by atoms with Gasteiger partial charge in [-0.2, -0.15) is 5.10 Å². The van der Waals surface area contributed by atoms with Crippen molar-refractivity contribution in [2.45, 2.75) is 32.7 Å². The van der Waals surface area contributed by atoms with Crippen LogP contribution < -0.4 is 10.6 Å². The van der Waals surface area contributed by atoms with Gasteiger partial charge >= 0.3 is 0 Å². The number of hydrogen-bond donors (Lipinski definition) is 3. The highest BCUT2D eigenvalue weighted by atomic mass is 16.2. The van der Waals surface area contributed by atoms with Crippen molar-refractivity contribution in [3.05, 3.63) is 29.6 Å². The van der Waals surface area contributed by atoms with Crippen LogP contribution in [0.2, 0.25) is 0 Å². The lowest BCUT2D eigenvalue weighted by molar-refractivity contribution is -0.134. The van der Waals surface area contributed by atoms with Gasteiger partial charge in [0.1, 0.15) is 0 Å². The maximum absolute atomic E-state index is 12.6. The summed E-state index contributed by atoms with van der Waals surface area (Å²) in [4.78, 5) is 31.8. The predicted molar refractivity (Wildman–Crippen MR) is 107 cm³/mol. The third-order valence-electron chi connectivity index (χ3n) is 5.35. The van der Waals surface area contributed by atoms with E-state index in [1.54, 1.807) is 6.20 Å². The van der Waals surface area contributed by atoms with Crippen molar-refractivity contribution < 1.29 is 9.59 Å². The van der Waals surface area contributed by atoms with E-state index in [-0.39, 0.29) is 23.8 Å². The SMILES string of the molecule is CC(C)NC(=O)c1cc(C2=CCN(C(=O)C3CCNC3)CC2)nc2[nH]ncc12. The number of hydrogen-bond acceptors (Lipinski definition) is 5. The summed E-state index contributed by atoms with van der Waals surface area (Å²) < 4.78 is 0. The molecule has 2 aliphatic rings. The van der Waals surface area contributed by atoms with Crippen molar-refractivity contribution in [2.75, 3.05) is 26.2 Å². The lowest BCUT2D eigenvalue weighted by atomic mass is 9.99. The van der Waals surface area contributed by atoms with Gasteiger partial charge < -0.3 is 15.5 Å². The molecule has 8 heteroatoms. The van der Waals surface area contributed by atoms with Crippen LogP contribution in [0.25, 0.3) is 16.6 Å². The number of aromatic amines is 1. The smallest absolute Gasteiger partial charge is 0.252 e. The number of H-pyrrole nitrogens is 1. The van der Waals surface area contributed by atoms with Crippen LogP contribution in [0.1, 0.15) is 42.7 Å². The predicted octanol–water partition coefficient (Wildman–Crippen LogP) is 1.32. The van der Waals surface area contributed by atoms with E-state index in [0.29, 0.717) is 29.7 Å². The topological polar surface area (TPSA) is 103 Å². The molecule has 0 aliphatic carbocycles. The third-order valence-corrected chi connectivity index (χ3v) is 5.35. The normalized spacial score (nSPS) is 19.9. The lowest BCUT2D eigenvalue weighted by Crippen LogP contribution is -2.39. The molecule has 8 nitrogen and oxygen atoms in total. The number of nitrogens with one attached hydrogen (secondary N) is 3. The first-order valence-corrected chi connectivity index (χ1v) is 9.87. The molecule has 0 radical (unpaired) electrons. The second kappa shape index (κ2) is 7.71. The average Bonchev–Trinajstić information content (AvgIpc) is 3.38. The molecule has 4 rings (SSSR count). The fourth-order valence-corrected chi connectivity index (χ4v) is 3.85. The molecule has 1 fully saturated rings. The van der Waals surface area contributed by atoms with Crippen LogP contribution in [-0.4, -0.2) is 64.1 Å². The van der Waals surface area contributed by atoms with Gasteiger partial charge in [-0.1, -0.05) is 6.08 Å². The minimum Gasteiger partial charge on any atom is -0.350 e. The fraction of sp³-hybridized carbons (Fsp3) is 0.500. The van der Waals surface area contributed by atoms with E-state index in [4.69, 9.17) is 0 Å². The number of nitrogens with zero attached hydrogens (tertiary/aromatic N) is 3. The highest BCUT2D eigenvalue weighted by Crippen LogP contribution is 2.26. The molecule has 1 atom stereocenters. The van der Waals surface area contributed by atoms with E-state index in [0.717, 1.165) is 37.2 Å². The lowest BCUT2D eigenvalue weighted by Gasteiger charge is -2.28. The highest BCUT2D eigenvalue weighted by molar-refractivity contribution is 6.06. The maximum Gasteiger partial charge on any atom is 0.252 e. The van der Waals surface area contributed by atoms with Gasteiger partial charge in [0.25, 0.3) is 5.91 Å². The third kappa shape index (κ3) is 3.64. The molecule has 2 aromatic rings. The summed E-state index contributed by atoms with van der Waals surface area (Å²) >= 11 is 0. The second-order valence-electron chi connectivity index (χ2n) is 7.77. The van der Waals surface area contributed by atoms with Crippen LogP contribution in [0.4, 0.5) is 0 Å². The molecule has 0 saturated carbocycles. The second-order valence-corrected chi connectivity index (χ2v) is 7.77. The summed E-state index contributed by atoms with van der Waals surface area (Å²) in [6.07, 6.45) is 5.33. The molecule has 0 spiro atoms. The van der Waals surface area contributed by atoms with E-state index in [2.05, 4.69) is 31.9 Å². The zero-order chi connectivity index (χ0) is 19.7. The Bertz CT molecular complexity index is 926. The van der Waals surface area contributed by atoms with Gasteiger partial charge in [0.2, 0.25) is 5.91 Å². The van der Waals surface area contributed by atoms with Gasteiger partial charge in [0.15, 0.2) is 5.65 Å². The molecule has 2 aliphatic heterocycles. The van der Waals surface area contributed by atoms with Crippen LogP contribution >= 0.6 is 0 Å². The molecular formula is C20H26N6O2. The van der Waals surface area contributed by atoms with Gasteiger partial charge in [-0.25, -0.2) is 4.98 Å². The van der Waals surface area contributed by atoms with Crippen LogP contribution in [0.15, 0.2) is 18.3 Å². The van der Waals surface area contributed by atoms with Gasteiger partial charge in [-0.3, -0.25) is 14.7 Å². The van der Waals surface area contributed by atoms with Crippen molar-refractivity contribution in [2.24, 2.45) is 5.92 Å². The number of carbonyl (C=O) groups is 2. The maximum atomic E-state index is 12.6. The Labute approximate surface area is 163 Å². The average molecular weight is 382 g/mol. The molecule has 0 aromatic carbocycles. The zero-order valence-corrected chi connectivity index (χ0v) is 16.3. The minimum atomic E-state index is -0.132. The van der Waals surface area contributed by atoms with E-state index in [9.17, 15) is 9.59 Å². The molecule has 3 N–H and O–H groups in total. The van der Waals surface area contributed by atoms with Gasteiger partial charge in [-0.05, 0) is 44.9 Å². The van der Waals surface area contributed by atoms with E-state index < -0.39 is 0 Å². The summed E-state index contributed by atoms with van der Waals surface area (Å²) in [6.45, 7) is 6.82. The van der Waals surface area contributed by atoms with E-state index in [1.807, 2.05) is 24.8 Å². The zero-order valence-electron chi connectivity index (χ0n) is 16.3. The van der Waals surface area contributed by atoms with E-state index >= 15 is 0 Å². The Balaban J connectivity index is 1.57. The van der Waals surface area contributed by atoms with Gasteiger partial charge in [-0.15, -0.1) is 0 Å². The van der Waals surface area contributed by atoms with Gasteiger partial charge in [0.05, 0.1) is 28.8 Å². The first-order valence-electron chi connectivity index (χ1n) is 9.87. The monoisotopic (exact) mass is 382 g/mol. The van der Waals surface area contributed by atoms with Crippen molar-refractivity contribution >= 4 is 28.4 Å². The summed E-state index contributed by atoms with van der Waals surface area (Å²) in [6, 6.07) is 1.88. The molecule has 2 aromatic heterocycles. The standard InChI is InChI=1S/C20H26N6O2/c1-12(2)23-19(27)15-9-17(24-18-16(15)11-22-25-18)13-4-7-26(8-5-13)20(28)14-3-6-21-10-14/h4,9,11-12,14,21H,3,5-8,10H2,1-2H3,(H,23,27)(H,22,24,25). The largest absolute Gasteiger partial charge is 0.350 e. The van der Waals surface area contributed by atoms with Crippen molar-refractivity contribution in [1.29, 1.82) is 0 Å². The van der Waals surface area contributed by atoms with Crippen molar-refractivity contribution in [3.63, 3.8) is 0 Å². The Hall–Kier alpha value is -2.74. The van der Waals surface area contributed by atoms with Gasteiger partial charge in [0, 0.05) is 25.7 Å². The summed E-state index contributed by atoms with van der Waals surface area (Å²) in [7, 11) is 0. The van der Waals surface area contributed by atoms with Crippen LogP contribution in [0, 0.1) is 5.92 Å². The van der Waals surface area contributed by atoms with E-state index in [1.165, 1.54) is 0 Å². The Morgan fingerprint density at radius 3 is 2.89 bits per heavy atom. The summed E-state index contributed by atoms with van der Waals surface area (Å²) in [5.41, 5.74) is 2.99. The number of aromatic nitrogens is 3. The highest BCUT2D eigenvalue weighted by Gasteiger charge is 2.28. The molecule has 0 bridgehead atoms. The van der Waals surface area contributed by atoms with Crippen molar-refractivity contribution in [3.8, 4) is 0 Å². The first-order chi connectivity index (χ1) is 13.5. The number of amides is 2. The van der Waals surface area contributed by atoms with Crippen LogP contribution in [0.3, 0.4) is 0 Å². The quantitative estimate of drug-likeness (QED) is 0.740. The summed E-state index contributed by atoms with van der Waals surface area (Å²) in [5.74, 6) is 0.196. The number of carbonyl (C=O) groups excluding carboxylic acids is 2.